The maximum Gasteiger partial charge on any atom is 0.271 e. The first kappa shape index (κ1) is 12.7. The molecule has 3 aromatic heterocycles. The standard InChI is InChI=1S/C16H12N2OS2/c1-10-7-21-15-14(10)17-9-18(16(15)19)6-11-8-20-13-5-3-2-4-12(11)13/h2-5,7-9H,6H2,1H3. The molecule has 104 valence electrons. The highest BCUT2D eigenvalue weighted by atomic mass is 32.1. The molecule has 3 heterocycles. The minimum Gasteiger partial charge on any atom is -0.293 e. The van der Waals surface area contributed by atoms with E-state index >= 15 is 0 Å². The van der Waals surface area contributed by atoms with Gasteiger partial charge in [-0.15, -0.1) is 22.7 Å². The third-order valence-electron chi connectivity index (χ3n) is 3.63. The molecule has 0 atom stereocenters. The van der Waals surface area contributed by atoms with Crippen LogP contribution in [0.25, 0.3) is 20.3 Å². The van der Waals surface area contributed by atoms with E-state index in [2.05, 4.69) is 22.5 Å². The maximum absolute atomic E-state index is 12.5. The molecule has 21 heavy (non-hydrogen) atoms. The average Bonchev–Trinajstić information content (AvgIpc) is 3.07. The van der Waals surface area contributed by atoms with Crippen molar-refractivity contribution in [2.75, 3.05) is 0 Å². The Morgan fingerprint density at radius 3 is 2.95 bits per heavy atom. The third kappa shape index (κ3) is 2.01. The highest BCUT2D eigenvalue weighted by Crippen LogP contribution is 2.26. The molecule has 4 rings (SSSR count). The van der Waals surface area contributed by atoms with Crippen LogP contribution in [0.4, 0.5) is 0 Å². The number of rotatable bonds is 2. The molecule has 1 aromatic carbocycles. The second kappa shape index (κ2) is 4.79. The van der Waals surface area contributed by atoms with E-state index in [4.69, 9.17) is 0 Å². The van der Waals surface area contributed by atoms with Crippen molar-refractivity contribution in [1.82, 2.24) is 9.55 Å². The Bertz CT molecular complexity index is 1010. The SMILES string of the molecule is Cc1csc2c(=O)n(Cc3csc4ccccc34)cnc12. The van der Waals surface area contributed by atoms with E-state index in [9.17, 15) is 4.79 Å². The monoisotopic (exact) mass is 312 g/mol. The summed E-state index contributed by atoms with van der Waals surface area (Å²) in [6, 6.07) is 8.28. The zero-order valence-corrected chi connectivity index (χ0v) is 13.0. The molecule has 0 amide bonds. The Kier molecular flexibility index (Phi) is 2.90. The molecule has 0 bridgehead atoms. The molecule has 5 heteroatoms. The van der Waals surface area contributed by atoms with Crippen LogP contribution in [0, 0.1) is 6.92 Å². The number of benzene rings is 1. The molecule has 0 aliphatic rings. The fourth-order valence-corrected chi connectivity index (χ4v) is 4.42. The molecule has 0 N–H and O–H groups in total. The first-order chi connectivity index (χ1) is 10.2. The summed E-state index contributed by atoms with van der Waals surface area (Å²) in [6.45, 7) is 2.56. The lowest BCUT2D eigenvalue weighted by Crippen LogP contribution is -2.20. The van der Waals surface area contributed by atoms with Crippen molar-refractivity contribution in [2.45, 2.75) is 13.5 Å². The molecule has 0 unspecified atom stereocenters. The van der Waals surface area contributed by atoms with Gasteiger partial charge < -0.3 is 0 Å². The minimum atomic E-state index is 0.0494. The number of aryl methyl sites for hydroxylation is 1. The Hall–Kier alpha value is -1.98. The van der Waals surface area contributed by atoms with Gasteiger partial charge in [0.05, 0.1) is 18.4 Å². The number of thiophene rings is 2. The van der Waals surface area contributed by atoms with E-state index in [1.54, 1.807) is 22.2 Å². The van der Waals surface area contributed by atoms with Gasteiger partial charge in [-0.25, -0.2) is 4.98 Å². The second-order valence-corrected chi connectivity index (χ2v) is 6.82. The van der Waals surface area contributed by atoms with Crippen LogP contribution in [-0.2, 0) is 6.54 Å². The Morgan fingerprint density at radius 1 is 1.19 bits per heavy atom. The van der Waals surface area contributed by atoms with Crippen molar-refractivity contribution < 1.29 is 0 Å². The van der Waals surface area contributed by atoms with Gasteiger partial charge in [-0.2, -0.15) is 0 Å². The van der Waals surface area contributed by atoms with Crippen molar-refractivity contribution >= 4 is 43.0 Å². The van der Waals surface area contributed by atoms with Gasteiger partial charge in [-0.3, -0.25) is 9.36 Å². The average molecular weight is 312 g/mol. The minimum absolute atomic E-state index is 0.0494. The Morgan fingerprint density at radius 2 is 2.05 bits per heavy atom. The zero-order chi connectivity index (χ0) is 14.4. The zero-order valence-electron chi connectivity index (χ0n) is 11.4. The summed E-state index contributed by atoms with van der Waals surface area (Å²) >= 11 is 3.19. The second-order valence-electron chi connectivity index (χ2n) is 5.03. The fourth-order valence-electron chi connectivity index (χ4n) is 2.51. The lowest BCUT2D eigenvalue weighted by molar-refractivity contribution is 0.755. The van der Waals surface area contributed by atoms with Crippen LogP contribution in [-0.4, -0.2) is 9.55 Å². The largest absolute Gasteiger partial charge is 0.293 e. The molecule has 3 nitrogen and oxygen atoms in total. The van der Waals surface area contributed by atoms with Crippen molar-refractivity contribution in [2.24, 2.45) is 0 Å². The van der Waals surface area contributed by atoms with Gasteiger partial charge in [0.15, 0.2) is 0 Å². The van der Waals surface area contributed by atoms with Crippen molar-refractivity contribution in [3.8, 4) is 0 Å². The van der Waals surface area contributed by atoms with Crippen molar-refractivity contribution in [3.63, 3.8) is 0 Å². The van der Waals surface area contributed by atoms with Gasteiger partial charge in [-0.05, 0) is 40.3 Å². The molecule has 0 spiro atoms. The molecule has 0 saturated carbocycles. The molecule has 0 fully saturated rings. The van der Waals surface area contributed by atoms with Gasteiger partial charge in [0.1, 0.15) is 4.70 Å². The lowest BCUT2D eigenvalue weighted by atomic mass is 10.2. The first-order valence-electron chi connectivity index (χ1n) is 6.62. The molecule has 4 aromatic rings. The number of fused-ring (bicyclic) bond motifs is 2. The van der Waals surface area contributed by atoms with E-state index in [-0.39, 0.29) is 5.56 Å². The summed E-state index contributed by atoms with van der Waals surface area (Å²) in [5.41, 5.74) is 3.12. The van der Waals surface area contributed by atoms with Crippen LogP contribution in [0.5, 0.6) is 0 Å². The van der Waals surface area contributed by atoms with Gasteiger partial charge >= 0.3 is 0 Å². The van der Waals surface area contributed by atoms with Crippen molar-refractivity contribution in [1.29, 1.82) is 0 Å². The van der Waals surface area contributed by atoms with Gasteiger partial charge in [0.2, 0.25) is 0 Å². The molecule has 0 aliphatic carbocycles. The number of nitrogens with zero attached hydrogens (tertiary/aromatic N) is 2. The number of hydrogen-bond acceptors (Lipinski definition) is 4. The Labute approximate surface area is 129 Å². The van der Waals surface area contributed by atoms with Gasteiger partial charge in [0, 0.05) is 4.70 Å². The summed E-state index contributed by atoms with van der Waals surface area (Å²) < 4.78 is 3.70. The predicted molar refractivity (Wildman–Crippen MR) is 89.5 cm³/mol. The highest BCUT2D eigenvalue weighted by Gasteiger charge is 2.10. The van der Waals surface area contributed by atoms with Crippen LogP contribution in [0.1, 0.15) is 11.1 Å². The van der Waals surface area contributed by atoms with E-state index in [0.717, 1.165) is 15.8 Å². The van der Waals surface area contributed by atoms with Crippen LogP contribution in [0.2, 0.25) is 0 Å². The molecule has 0 radical (unpaired) electrons. The van der Waals surface area contributed by atoms with Crippen LogP contribution in [0.3, 0.4) is 0 Å². The molecular weight excluding hydrogens is 300 g/mol. The highest BCUT2D eigenvalue weighted by molar-refractivity contribution is 7.17. The summed E-state index contributed by atoms with van der Waals surface area (Å²) in [5.74, 6) is 0. The van der Waals surface area contributed by atoms with Crippen LogP contribution >= 0.6 is 22.7 Å². The van der Waals surface area contributed by atoms with Gasteiger partial charge in [0.25, 0.3) is 5.56 Å². The van der Waals surface area contributed by atoms with Crippen LogP contribution in [0.15, 0.2) is 46.1 Å². The normalized spacial score (nSPS) is 11.5. The number of aromatic nitrogens is 2. The van der Waals surface area contributed by atoms with Crippen molar-refractivity contribution in [3.05, 3.63) is 62.8 Å². The first-order valence-corrected chi connectivity index (χ1v) is 8.38. The van der Waals surface area contributed by atoms with E-state index < -0.39 is 0 Å². The van der Waals surface area contributed by atoms with E-state index in [0.29, 0.717) is 6.54 Å². The quantitative estimate of drug-likeness (QED) is 0.560. The van der Waals surface area contributed by atoms with E-state index in [1.807, 2.05) is 24.4 Å². The topological polar surface area (TPSA) is 34.9 Å². The molecule has 0 aliphatic heterocycles. The molecule has 0 saturated heterocycles. The fraction of sp³-hybridized carbons (Fsp3) is 0.125. The summed E-state index contributed by atoms with van der Waals surface area (Å²) in [7, 11) is 0. The lowest BCUT2D eigenvalue weighted by Gasteiger charge is -2.04. The maximum atomic E-state index is 12.5. The number of hydrogen-bond donors (Lipinski definition) is 0. The third-order valence-corrected chi connectivity index (χ3v) is 5.71. The Balaban J connectivity index is 1.84. The molecular formula is C16H12N2OS2. The summed E-state index contributed by atoms with van der Waals surface area (Å²) in [6.07, 6.45) is 1.66. The van der Waals surface area contributed by atoms with Gasteiger partial charge in [-0.1, -0.05) is 18.2 Å². The predicted octanol–water partition coefficient (Wildman–Crippen LogP) is 4.03. The summed E-state index contributed by atoms with van der Waals surface area (Å²) in [4.78, 5) is 17.0. The summed E-state index contributed by atoms with van der Waals surface area (Å²) in [5, 5.41) is 5.33. The smallest absolute Gasteiger partial charge is 0.271 e. The van der Waals surface area contributed by atoms with Crippen LogP contribution < -0.4 is 5.56 Å². The van der Waals surface area contributed by atoms with E-state index in [1.165, 1.54) is 27.0 Å².